The zero-order valence-corrected chi connectivity index (χ0v) is 14.7. The Labute approximate surface area is 158 Å². The van der Waals surface area contributed by atoms with Crippen molar-refractivity contribution in [1.82, 2.24) is 0 Å². The third kappa shape index (κ3) is 2.34. The van der Waals surface area contributed by atoms with Crippen LogP contribution >= 0.6 is 0 Å². The average Bonchev–Trinajstić information content (AvgIpc) is 3.52. The highest BCUT2D eigenvalue weighted by atomic mass is 16.6. The molecule has 0 radical (unpaired) electrons. The molecule has 0 saturated heterocycles. The van der Waals surface area contributed by atoms with Gasteiger partial charge in [0, 0.05) is 0 Å². The summed E-state index contributed by atoms with van der Waals surface area (Å²) < 4.78 is 5.76. The zero-order chi connectivity index (χ0) is 18.3. The van der Waals surface area contributed by atoms with Crippen LogP contribution in [0, 0.1) is 0 Å². The highest BCUT2D eigenvalue weighted by Crippen LogP contribution is 2.60. The van der Waals surface area contributed by atoms with Gasteiger partial charge in [-0.3, -0.25) is 0 Å². The van der Waals surface area contributed by atoms with Gasteiger partial charge in [0.1, 0.15) is 5.75 Å². The molecule has 4 aromatic carbocycles. The van der Waals surface area contributed by atoms with Gasteiger partial charge in [-0.15, -0.1) is 0 Å². The van der Waals surface area contributed by atoms with Gasteiger partial charge in [-0.05, 0) is 28.8 Å². The van der Waals surface area contributed by atoms with Crippen LogP contribution in [0.5, 0.6) is 17.2 Å². The maximum Gasteiger partial charge on any atom is 0.178 e. The second kappa shape index (κ2) is 6.03. The van der Waals surface area contributed by atoms with E-state index in [0.717, 1.165) is 33.8 Å². The van der Waals surface area contributed by atoms with Crippen molar-refractivity contribution in [1.29, 1.82) is 0 Å². The molecule has 1 heterocycles. The van der Waals surface area contributed by atoms with Crippen LogP contribution in [0.25, 0.3) is 0 Å². The lowest BCUT2D eigenvalue weighted by Crippen LogP contribution is -2.30. The Morgan fingerprint density at radius 2 is 1.00 bits per heavy atom. The summed E-state index contributed by atoms with van der Waals surface area (Å²) in [6.45, 7) is 0. The number of rotatable bonds is 4. The Morgan fingerprint density at radius 1 is 0.556 bits per heavy atom. The molecule has 0 spiro atoms. The second-order valence-corrected chi connectivity index (χ2v) is 6.74. The predicted octanol–water partition coefficient (Wildman–Crippen LogP) is 5.88. The third-order valence-corrected chi connectivity index (χ3v) is 5.27. The molecule has 0 saturated carbocycles. The molecule has 1 aliphatic heterocycles. The van der Waals surface area contributed by atoms with Gasteiger partial charge in [0.2, 0.25) is 0 Å². The number of benzene rings is 4. The second-order valence-electron chi connectivity index (χ2n) is 6.74. The summed E-state index contributed by atoms with van der Waals surface area (Å²) in [6.07, 6.45) is 0. The Bertz CT molecular complexity index is 987. The van der Waals surface area contributed by atoms with Crippen molar-refractivity contribution in [3.05, 3.63) is 125 Å². The zero-order valence-electron chi connectivity index (χ0n) is 14.7. The molecular weight excluding hydrogens is 332 g/mol. The maximum atomic E-state index is 11.0. The van der Waals surface area contributed by atoms with Crippen molar-refractivity contribution in [2.75, 3.05) is 0 Å². The van der Waals surface area contributed by atoms with Gasteiger partial charge < -0.3 is 9.84 Å². The van der Waals surface area contributed by atoms with Gasteiger partial charge in [0.05, 0.1) is 11.0 Å². The lowest BCUT2D eigenvalue weighted by molar-refractivity contribution is 0.459. The predicted molar refractivity (Wildman–Crippen MR) is 106 cm³/mol. The molecule has 1 N–H and O–H groups in total. The molecule has 0 aliphatic carbocycles. The molecule has 0 amide bonds. The monoisotopic (exact) mass is 350 g/mol. The van der Waals surface area contributed by atoms with Gasteiger partial charge in [-0.2, -0.15) is 0 Å². The molecule has 130 valence electrons. The van der Waals surface area contributed by atoms with E-state index in [1.807, 2.05) is 60.7 Å². The molecule has 0 aromatic heterocycles. The van der Waals surface area contributed by atoms with Crippen LogP contribution in [0.3, 0.4) is 0 Å². The summed E-state index contributed by atoms with van der Waals surface area (Å²) in [5.74, 6) is 1.84. The van der Waals surface area contributed by atoms with E-state index in [4.69, 9.17) is 4.74 Å². The first-order chi connectivity index (χ1) is 13.3. The molecule has 1 aliphatic rings. The van der Waals surface area contributed by atoms with Crippen LogP contribution in [0.15, 0.2) is 103 Å². The minimum Gasteiger partial charge on any atom is -0.507 e. The Balaban J connectivity index is 1.96. The normalized spacial score (nSPS) is 12.1. The third-order valence-electron chi connectivity index (χ3n) is 5.27. The molecular formula is C25H18O2. The molecule has 0 fully saturated rings. The number of hydrogen-bond acceptors (Lipinski definition) is 2. The standard InChI is InChI=1S/C25H18O2/c26-21-16-17-22-24(27-22)23(21)25(18-10-4-1-5-11-18,19-12-6-2-7-13-19)20-14-8-3-9-15-20/h1-17,26H. The number of ether oxygens (including phenoxy) is 1. The topological polar surface area (TPSA) is 32.8 Å². The van der Waals surface area contributed by atoms with Gasteiger partial charge in [0.15, 0.2) is 11.5 Å². The molecule has 2 nitrogen and oxygen atoms in total. The summed E-state index contributed by atoms with van der Waals surface area (Å²) in [7, 11) is 0. The molecule has 4 aromatic rings. The molecule has 0 unspecified atom stereocenters. The summed E-state index contributed by atoms with van der Waals surface area (Å²) in [6, 6.07) is 34.5. The van der Waals surface area contributed by atoms with Gasteiger partial charge in [0.25, 0.3) is 0 Å². The molecule has 0 atom stereocenters. The lowest BCUT2D eigenvalue weighted by Gasteiger charge is -2.36. The van der Waals surface area contributed by atoms with E-state index in [0.29, 0.717) is 0 Å². The number of fused-ring (bicyclic) bond motifs is 1. The molecule has 5 rings (SSSR count). The van der Waals surface area contributed by atoms with E-state index in [9.17, 15) is 5.11 Å². The maximum absolute atomic E-state index is 11.0. The highest BCUT2D eigenvalue weighted by Gasteiger charge is 2.46. The fourth-order valence-corrected chi connectivity index (χ4v) is 4.08. The average molecular weight is 350 g/mol. The Kier molecular flexibility index (Phi) is 3.51. The van der Waals surface area contributed by atoms with Crippen LogP contribution in [0.4, 0.5) is 0 Å². The van der Waals surface area contributed by atoms with Crippen LogP contribution in [-0.4, -0.2) is 5.11 Å². The first kappa shape index (κ1) is 15.7. The lowest BCUT2D eigenvalue weighted by atomic mass is 9.65. The summed E-state index contributed by atoms with van der Waals surface area (Å²) in [5, 5.41) is 11.0. The number of hydrogen-bond donors (Lipinski definition) is 1. The largest absolute Gasteiger partial charge is 0.507 e. The number of aromatic hydroxyl groups is 1. The van der Waals surface area contributed by atoms with Crippen molar-refractivity contribution >= 4 is 0 Å². The number of phenols is 1. The molecule has 2 heteroatoms. The van der Waals surface area contributed by atoms with Gasteiger partial charge >= 0.3 is 0 Å². The first-order valence-corrected chi connectivity index (χ1v) is 9.02. The minimum absolute atomic E-state index is 0.239. The van der Waals surface area contributed by atoms with Crippen molar-refractivity contribution < 1.29 is 9.84 Å². The summed E-state index contributed by atoms with van der Waals surface area (Å²) >= 11 is 0. The van der Waals surface area contributed by atoms with E-state index in [-0.39, 0.29) is 5.75 Å². The Morgan fingerprint density at radius 3 is 1.44 bits per heavy atom. The first-order valence-electron chi connectivity index (χ1n) is 9.02. The van der Waals surface area contributed by atoms with Crippen LogP contribution in [0.2, 0.25) is 0 Å². The summed E-state index contributed by atoms with van der Waals surface area (Å²) in [4.78, 5) is 0. The van der Waals surface area contributed by atoms with Crippen molar-refractivity contribution in [2.24, 2.45) is 0 Å². The quantitative estimate of drug-likeness (QED) is 0.324. The van der Waals surface area contributed by atoms with Crippen LogP contribution < -0.4 is 4.74 Å². The fraction of sp³-hybridized carbons (Fsp3) is 0.0400. The van der Waals surface area contributed by atoms with Crippen molar-refractivity contribution in [3.63, 3.8) is 0 Å². The summed E-state index contributed by atoms with van der Waals surface area (Å²) in [5.41, 5.74) is 3.38. The van der Waals surface area contributed by atoms with Gasteiger partial charge in [-0.25, -0.2) is 0 Å². The SMILES string of the molecule is Oc1ccc2c(c1C(c1ccccc1)(c1ccccc1)c1ccccc1)O2. The van der Waals surface area contributed by atoms with E-state index < -0.39 is 5.41 Å². The van der Waals surface area contributed by atoms with Gasteiger partial charge in [-0.1, -0.05) is 91.0 Å². The van der Waals surface area contributed by atoms with Crippen LogP contribution in [0.1, 0.15) is 22.3 Å². The van der Waals surface area contributed by atoms with Crippen LogP contribution in [-0.2, 0) is 5.41 Å². The number of phenolic OH excluding ortho intramolecular Hbond substituents is 1. The highest BCUT2D eigenvalue weighted by molar-refractivity contribution is 5.74. The van der Waals surface area contributed by atoms with Crippen molar-refractivity contribution in [3.8, 4) is 17.2 Å². The van der Waals surface area contributed by atoms with Crippen molar-refractivity contribution in [2.45, 2.75) is 5.41 Å². The minimum atomic E-state index is -0.671. The van der Waals surface area contributed by atoms with E-state index >= 15 is 0 Å². The van der Waals surface area contributed by atoms with E-state index in [1.54, 1.807) is 6.07 Å². The van der Waals surface area contributed by atoms with E-state index in [2.05, 4.69) is 36.4 Å². The fourth-order valence-electron chi connectivity index (χ4n) is 4.08. The van der Waals surface area contributed by atoms with E-state index in [1.165, 1.54) is 0 Å². The Hall–Kier alpha value is -3.52. The molecule has 27 heavy (non-hydrogen) atoms. The smallest absolute Gasteiger partial charge is 0.178 e. The molecule has 0 bridgehead atoms.